The molecule has 1 aliphatic rings. The molecule has 1 aliphatic heterocycles. The number of aromatic nitrogens is 3. The van der Waals surface area contributed by atoms with Crippen molar-refractivity contribution in [3.63, 3.8) is 0 Å². The molecule has 0 spiro atoms. The molecule has 3 unspecified atom stereocenters. The highest BCUT2D eigenvalue weighted by Crippen LogP contribution is 2.36. The van der Waals surface area contributed by atoms with Gasteiger partial charge in [0.25, 0.3) is 0 Å². The lowest BCUT2D eigenvalue weighted by atomic mass is 9.78. The number of hydrogen-bond acceptors (Lipinski definition) is 6. The third-order valence-corrected chi connectivity index (χ3v) is 6.39. The number of methoxy groups -OCH3 is 1. The van der Waals surface area contributed by atoms with Crippen molar-refractivity contribution < 1.29 is 19.4 Å². The van der Waals surface area contributed by atoms with E-state index in [1.165, 1.54) is 6.33 Å². The molecule has 3 heterocycles. The summed E-state index contributed by atoms with van der Waals surface area (Å²) in [4.78, 5) is 22.2. The van der Waals surface area contributed by atoms with Crippen LogP contribution in [0.4, 0.5) is 5.82 Å². The van der Waals surface area contributed by atoms with Crippen LogP contribution in [0.25, 0.3) is 11.0 Å². The van der Waals surface area contributed by atoms with Crippen molar-refractivity contribution in [2.24, 2.45) is 17.3 Å². The summed E-state index contributed by atoms with van der Waals surface area (Å²) in [5.74, 6) is 0.679. The zero-order valence-corrected chi connectivity index (χ0v) is 20.4. The van der Waals surface area contributed by atoms with Gasteiger partial charge in [-0.15, -0.1) is 0 Å². The Morgan fingerprint density at radius 1 is 1.41 bits per heavy atom. The van der Waals surface area contributed by atoms with Gasteiger partial charge in [0.15, 0.2) is 0 Å². The SMILES string of the molecule is CCC(C)C(CC(C)(C)C)C(=O)Nc1ncnc2c1c(C)cn2[C@H]1CC(O)[C@@H](COC)O1. The normalized spacial score (nSPS) is 23.4. The van der Waals surface area contributed by atoms with Crippen LogP contribution in [0.2, 0.25) is 0 Å². The fourth-order valence-corrected chi connectivity index (χ4v) is 4.49. The first-order valence-corrected chi connectivity index (χ1v) is 11.5. The van der Waals surface area contributed by atoms with E-state index in [1.807, 2.05) is 17.7 Å². The summed E-state index contributed by atoms with van der Waals surface area (Å²) in [6.07, 6.45) is 4.27. The van der Waals surface area contributed by atoms with Crippen LogP contribution in [-0.2, 0) is 14.3 Å². The molecule has 8 nitrogen and oxygen atoms in total. The van der Waals surface area contributed by atoms with Crippen LogP contribution < -0.4 is 5.32 Å². The smallest absolute Gasteiger partial charge is 0.228 e. The van der Waals surface area contributed by atoms with Gasteiger partial charge in [-0.3, -0.25) is 4.79 Å². The van der Waals surface area contributed by atoms with E-state index in [1.54, 1.807) is 7.11 Å². The third kappa shape index (κ3) is 5.30. The van der Waals surface area contributed by atoms with Crippen molar-refractivity contribution >= 4 is 22.8 Å². The number of nitrogens with one attached hydrogen (secondary N) is 1. The summed E-state index contributed by atoms with van der Waals surface area (Å²) in [5.41, 5.74) is 1.67. The van der Waals surface area contributed by atoms with Crippen molar-refractivity contribution in [2.75, 3.05) is 19.0 Å². The van der Waals surface area contributed by atoms with Crippen molar-refractivity contribution in [1.82, 2.24) is 14.5 Å². The zero-order chi connectivity index (χ0) is 23.6. The predicted molar refractivity (Wildman–Crippen MR) is 124 cm³/mol. The molecule has 1 amide bonds. The van der Waals surface area contributed by atoms with Gasteiger partial charge >= 0.3 is 0 Å². The molecule has 5 atom stereocenters. The van der Waals surface area contributed by atoms with Gasteiger partial charge in [0, 0.05) is 25.6 Å². The first kappa shape index (κ1) is 24.6. The van der Waals surface area contributed by atoms with Gasteiger partial charge in [0.1, 0.15) is 30.1 Å². The number of fused-ring (bicyclic) bond motifs is 1. The number of nitrogens with zero attached hydrogens (tertiary/aromatic N) is 3. The van der Waals surface area contributed by atoms with E-state index in [0.717, 1.165) is 23.8 Å². The molecular formula is C24H38N4O4. The van der Waals surface area contributed by atoms with Crippen LogP contribution in [-0.4, -0.2) is 51.5 Å². The Labute approximate surface area is 190 Å². The average molecular weight is 447 g/mol. The van der Waals surface area contributed by atoms with Crippen LogP contribution in [0.5, 0.6) is 0 Å². The van der Waals surface area contributed by atoms with E-state index < -0.39 is 6.10 Å². The lowest BCUT2D eigenvalue weighted by Gasteiger charge is -2.29. The van der Waals surface area contributed by atoms with Crippen LogP contribution in [0.15, 0.2) is 12.5 Å². The second kappa shape index (κ2) is 9.85. The van der Waals surface area contributed by atoms with Gasteiger partial charge in [0.2, 0.25) is 5.91 Å². The number of rotatable bonds is 8. The highest BCUT2D eigenvalue weighted by molar-refractivity contribution is 6.01. The van der Waals surface area contributed by atoms with E-state index in [9.17, 15) is 9.90 Å². The Hall–Kier alpha value is -2.03. The maximum atomic E-state index is 13.3. The van der Waals surface area contributed by atoms with Crippen molar-refractivity contribution in [2.45, 2.75) is 79.2 Å². The van der Waals surface area contributed by atoms with Crippen molar-refractivity contribution in [1.29, 1.82) is 0 Å². The maximum Gasteiger partial charge on any atom is 0.228 e. The monoisotopic (exact) mass is 446 g/mol. The average Bonchev–Trinajstić information content (AvgIpc) is 3.25. The zero-order valence-electron chi connectivity index (χ0n) is 20.4. The number of carbonyl (C=O) groups is 1. The fraction of sp³-hybridized carbons (Fsp3) is 0.708. The number of amides is 1. The van der Waals surface area contributed by atoms with Crippen LogP contribution in [0.3, 0.4) is 0 Å². The lowest BCUT2D eigenvalue weighted by Crippen LogP contribution is -2.31. The Balaban J connectivity index is 1.90. The van der Waals surface area contributed by atoms with E-state index in [4.69, 9.17) is 9.47 Å². The Morgan fingerprint density at radius 3 is 2.75 bits per heavy atom. The second-order valence-electron chi connectivity index (χ2n) is 10.3. The van der Waals surface area contributed by atoms with E-state index >= 15 is 0 Å². The minimum atomic E-state index is -0.604. The number of carbonyl (C=O) groups excluding carboxylic acids is 1. The van der Waals surface area contributed by atoms with Crippen LogP contribution >= 0.6 is 0 Å². The summed E-state index contributed by atoms with van der Waals surface area (Å²) in [6, 6.07) is 0. The fourth-order valence-electron chi connectivity index (χ4n) is 4.49. The minimum absolute atomic E-state index is 0.00544. The summed E-state index contributed by atoms with van der Waals surface area (Å²) in [5, 5.41) is 14.2. The molecule has 1 fully saturated rings. The van der Waals surface area contributed by atoms with Gasteiger partial charge in [-0.05, 0) is 30.2 Å². The van der Waals surface area contributed by atoms with Gasteiger partial charge in [-0.1, -0.05) is 41.0 Å². The topological polar surface area (TPSA) is 98.5 Å². The standard InChI is InChI=1S/C24H38N4O4/c1-8-14(2)16(10-24(4,5)6)23(30)27-21-20-15(3)11-28(22(20)26-13-25-21)19-9-17(29)18(32-19)12-31-7/h11,13-14,16-19,29H,8-10,12H2,1-7H3,(H,25,26,27,30)/t14?,16?,17?,18-,19-/m1/s1. The van der Waals surface area contributed by atoms with Crippen molar-refractivity contribution in [3.05, 3.63) is 18.1 Å². The molecule has 0 radical (unpaired) electrons. The molecule has 0 aromatic carbocycles. The molecular weight excluding hydrogens is 408 g/mol. The first-order valence-electron chi connectivity index (χ1n) is 11.5. The van der Waals surface area contributed by atoms with Gasteiger partial charge in [-0.25, -0.2) is 9.97 Å². The van der Waals surface area contributed by atoms with E-state index in [0.29, 0.717) is 24.5 Å². The summed E-state index contributed by atoms with van der Waals surface area (Å²) >= 11 is 0. The van der Waals surface area contributed by atoms with E-state index in [-0.39, 0.29) is 35.5 Å². The van der Waals surface area contributed by atoms with Crippen LogP contribution in [0.1, 0.15) is 65.7 Å². The molecule has 8 heteroatoms. The van der Waals surface area contributed by atoms with Gasteiger partial charge < -0.3 is 24.5 Å². The molecule has 178 valence electrons. The molecule has 0 bridgehead atoms. The van der Waals surface area contributed by atoms with Gasteiger partial charge in [-0.2, -0.15) is 0 Å². The Bertz CT molecular complexity index is 936. The predicted octanol–water partition coefficient (Wildman–Crippen LogP) is 4.07. The highest BCUT2D eigenvalue weighted by Gasteiger charge is 2.36. The maximum absolute atomic E-state index is 13.3. The molecule has 3 rings (SSSR count). The number of aryl methyl sites for hydroxylation is 1. The lowest BCUT2D eigenvalue weighted by molar-refractivity contribution is -0.122. The quantitative estimate of drug-likeness (QED) is 0.634. The second-order valence-corrected chi connectivity index (χ2v) is 10.3. The Morgan fingerprint density at radius 2 is 2.12 bits per heavy atom. The number of hydrogen-bond donors (Lipinski definition) is 2. The number of ether oxygens (including phenoxy) is 2. The molecule has 0 saturated carbocycles. The Kier molecular flexibility index (Phi) is 7.57. The molecule has 32 heavy (non-hydrogen) atoms. The summed E-state index contributed by atoms with van der Waals surface area (Å²) < 4.78 is 13.1. The van der Waals surface area contributed by atoms with Gasteiger partial charge in [0.05, 0.1) is 18.1 Å². The molecule has 0 aliphatic carbocycles. The summed E-state index contributed by atoms with van der Waals surface area (Å²) in [7, 11) is 1.59. The number of aliphatic hydroxyl groups is 1. The van der Waals surface area contributed by atoms with Crippen LogP contribution in [0, 0.1) is 24.2 Å². The number of aliphatic hydroxyl groups excluding tert-OH is 1. The largest absolute Gasteiger partial charge is 0.390 e. The first-order chi connectivity index (χ1) is 15.1. The van der Waals surface area contributed by atoms with E-state index in [2.05, 4.69) is 49.9 Å². The van der Waals surface area contributed by atoms with Crippen molar-refractivity contribution in [3.8, 4) is 0 Å². The minimum Gasteiger partial charge on any atom is -0.390 e. The molecule has 1 saturated heterocycles. The third-order valence-electron chi connectivity index (χ3n) is 6.39. The summed E-state index contributed by atoms with van der Waals surface area (Å²) in [6.45, 7) is 13.0. The highest BCUT2D eigenvalue weighted by atomic mass is 16.6. The molecule has 2 aromatic rings. The number of anilines is 1. The molecule has 2 N–H and O–H groups in total. The molecule has 2 aromatic heterocycles.